The van der Waals surface area contributed by atoms with Gasteiger partial charge in [-0.3, -0.25) is 0 Å². The molecule has 4 rings (SSSR count). The Morgan fingerprint density at radius 2 is 1.96 bits per heavy atom. The summed E-state index contributed by atoms with van der Waals surface area (Å²) in [5.41, 5.74) is 1.55. The van der Waals surface area contributed by atoms with Crippen LogP contribution in [0, 0.1) is 5.92 Å². The number of anilines is 1. The lowest BCUT2D eigenvalue weighted by Crippen LogP contribution is -2.35. The average Bonchev–Trinajstić information content (AvgIpc) is 3.15. The van der Waals surface area contributed by atoms with Crippen LogP contribution in [-0.2, 0) is 20.5 Å². The highest BCUT2D eigenvalue weighted by atomic mass is 15.4. The van der Waals surface area contributed by atoms with Gasteiger partial charge in [0, 0.05) is 33.6 Å². The minimum absolute atomic E-state index is 0.633. The van der Waals surface area contributed by atoms with Crippen LogP contribution >= 0.6 is 0 Å². The van der Waals surface area contributed by atoms with Gasteiger partial charge in [0.1, 0.15) is 18.5 Å². The lowest BCUT2D eigenvalue weighted by atomic mass is 9.93. The van der Waals surface area contributed by atoms with Crippen molar-refractivity contribution in [3.8, 4) is 0 Å². The van der Waals surface area contributed by atoms with E-state index in [1.54, 1.807) is 17.3 Å². The van der Waals surface area contributed by atoms with Crippen LogP contribution in [0.15, 0.2) is 12.7 Å². The van der Waals surface area contributed by atoms with Crippen LogP contribution in [0.3, 0.4) is 0 Å². The maximum atomic E-state index is 4.43. The van der Waals surface area contributed by atoms with E-state index in [0.29, 0.717) is 5.92 Å². The molecule has 0 amide bonds. The summed E-state index contributed by atoms with van der Waals surface area (Å²) in [6.45, 7) is 1.93. The molecule has 120 valence electrons. The highest BCUT2D eigenvalue weighted by Crippen LogP contribution is 2.27. The second kappa shape index (κ2) is 5.56. The Balaban J connectivity index is 1.48. The normalized spacial score (nSPS) is 16.3. The van der Waals surface area contributed by atoms with Gasteiger partial charge in [-0.1, -0.05) is 5.21 Å². The van der Waals surface area contributed by atoms with Crippen molar-refractivity contribution < 1.29 is 0 Å². The van der Waals surface area contributed by atoms with Crippen molar-refractivity contribution in [3.63, 3.8) is 0 Å². The third kappa shape index (κ3) is 2.51. The van der Waals surface area contributed by atoms with Crippen LogP contribution < -0.4 is 4.90 Å². The minimum atomic E-state index is 0.633. The number of rotatable bonds is 3. The van der Waals surface area contributed by atoms with E-state index in [4.69, 9.17) is 0 Å². The molecule has 0 unspecified atom stereocenters. The smallest absolute Gasteiger partial charge is 0.183 e. The van der Waals surface area contributed by atoms with Gasteiger partial charge in [-0.05, 0) is 18.8 Å². The number of aromatic nitrogens is 8. The second-order valence-corrected chi connectivity index (χ2v) is 6.08. The van der Waals surface area contributed by atoms with Crippen LogP contribution in [0.1, 0.15) is 18.7 Å². The van der Waals surface area contributed by atoms with Gasteiger partial charge in [-0.15, -0.1) is 15.3 Å². The van der Waals surface area contributed by atoms with E-state index in [9.17, 15) is 0 Å². The number of fused-ring (bicyclic) bond motifs is 1. The standard InChI is InChI=1S/C14H19N9/c1-21-9-17-18-11(21)7-10-3-5-23(6-4-10)14-12-13(15-8-16-14)22(2)20-19-12/h8-10H,3-7H2,1-2H3. The molecule has 0 aromatic carbocycles. The molecule has 1 aliphatic heterocycles. The average molecular weight is 313 g/mol. The molecule has 0 spiro atoms. The van der Waals surface area contributed by atoms with E-state index < -0.39 is 0 Å². The van der Waals surface area contributed by atoms with Crippen LogP contribution in [0.5, 0.6) is 0 Å². The molecule has 0 atom stereocenters. The maximum absolute atomic E-state index is 4.43. The molecule has 1 fully saturated rings. The monoisotopic (exact) mass is 313 g/mol. The van der Waals surface area contributed by atoms with Gasteiger partial charge in [0.25, 0.3) is 0 Å². The van der Waals surface area contributed by atoms with Crippen molar-refractivity contribution in [1.29, 1.82) is 0 Å². The molecular weight excluding hydrogens is 294 g/mol. The molecule has 0 N–H and O–H groups in total. The largest absolute Gasteiger partial charge is 0.355 e. The molecule has 0 aliphatic carbocycles. The predicted molar refractivity (Wildman–Crippen MR) is 83.7 cm³/mol. The summed E-state index contributed by atoms with van der Waals surface area (Å²) in [6, 6.07) is 0. The number of piperidine rings is 1. The van der Waals surface area contributed by atoms with E-state index in [2.05, 4.69) is 35.4 Å². The molecule has 0 saturated carbocycles. The Morgan fingerprint density at radius 3 is 2.70 bits per heavy atom. The van der Waals surface area contributed by atoms with E-state index in [1.165, 1.54) is 0 Å². The van der Waals surface area contributed by atoms with Crippen LogP contribution in [-0.4, -0.2) is 52.8 Å². The Hall–Kier alpha value is -2.58. The number of hydrogen-bond acceptors (Lipinski definition) is 7. The quantitative estimate of drug-likeness (QED) is 0.689. The van der Waals surface area contributed by atoms with Gasteiger partial charge >= 0.3 is 0 Å². The second-order valence-electron chi connectivity index (χ2n) is 6.08. The van der Waals surface area contributed by atoms with Crippen LogP contribution in [0.4, 0.5) is 5.82 Å². The molecule has 9 heteroatoms. The summed E-state index contributed by atoms with van der Waals surface area (Å²) in [5, 5.41) is 16.4. The third-order valence-corrected chi connectivity index (χ3v) is 4.56. The van der Waals surface area contributed by atoms with Gasteiger partial charge < -0.3 is 9.47 Å². The lowest BCUT2D eigenvalue weighted by Gasteiger charge is -2.32. The summed E-state index contributed by atoms with van der Waals surface area (Å²) < 4.78 is 3.68. The minimum Gasteiger partial charge on any atom is -0.355 e. The van der Waals surface area contributed by atoms with Gasteiger partial charge in [0.05, 0.1) is 0 Å². The SMILES string of the molecule is Cn1cnnc1CC1CCN(c2ncnc3c2nnn3C)CC1. The van der Waals surface area contributed by atoms with Gasteiger partial charge in [-0.2, -0.15) is 0 Å². The van der Waals surface area contributed by atoms with Crippen LogP contribution in [0.25, 0.3) is 11.2 Å². The molecule has 1 aliphatic rings. The Labute approximate surface area is 133 Å². The molecule has 3 aromatic rings. The van der Waals surface area contributed by atoms with Crippen molar-refractivity contribution in [1.82, 2.24) is 39.7 Å². The number of nitrogens with zero attached hydrogens (tertiary/aromatic N) is 9. The van der Waals surface area contributed by atoms with Crippen LogP contribution in [0.2, 0.25) is 0 Å². The molecule has 0 radical (unpaired) electrons. The predicted octanol–water partition coefficient (Wildman–Crippen LogP) is 0.346. The van der Waals surface area contributed by atoms with Crippen molar-refractivity contribution in [2.24, 2.45) is 20.0 Å². The zero-order valence-electron chi connectivity index (χ0n) is 13.3. The first-order valence-electron chi connectivity index (χ1n) is 7.80. The summed E-state index contributed by atoms with van der Waals surface area (Å²) >= 11 is 0. The molecular formula is C14H19N9. The summed E-state index contributed by atoms with van der Waals surface area (Å²) in [6.07, 6.45) is 6.55. The fourth-order valence-electron chi connectivity index (χ4n) is 3.17. The van der Waals surface area contributed by atoms with Crippen molar-refractivity contribution >= 4 is 17.0 Å². The van der Waals surface area contributed by atoms with Crippen molar-refractivity contribution in [2.45, 2.75) is 19.3 Å². The van der Waals surface area contributed by atoms with E-state index in [-0.39, 0.29) is 0 Å². The summed E-state index contributed by atoms with van der Waals surface area (Å²) in [4.78, 5) is 11.0. The van der Waals surface area contributed by atoms with Crippen molar-refractivity contribution in [3.05, 3.63) is 18.5 Å². The van der Waals surface area contributed by atoms with Gasteiger partial charge in [0.15, 0.2) is 17.0 Å². The number of aryl methyl sites for hydroxylation is 2. The highest BCUT2D eigenvalue weighted by molar-refractivity contribution is 5.82. The molecule has 1 saturated heterocycles. The third-order valence-electron chi connectivity index (χ3n) is 4.56. The zero-order chi connectivity index (χ0) is 15.8. The Kier molecular flexibility index (Phi) is 3.40. The first kappa shape index (κ1) is 14.0. The fraction of sp³-hybridized carbons (Fsp3) is 0.571. The molecule has 4 heterocycles. The Bertz CT molecular complexity index is 813. The molecule has 0 bridgehead atoms. The zero-order valence-corrected chi connectivity index (χ0v) is 13.3. The van der Waals surface area contributed by atoms with E-state index in [1.807, 2.05) is 18.7 Å². The first-order valence-corrected chi connectivity index (χ1v) is 7.80. The van der Waals surface area contributed by atoms with Crippen molar-refractivity contribution in [2.75, 3.05) is 18.0 Å². The van der Waals surface area contributed by atoms with Gasteiger partial charge in [0.2, 0.25) is 0 Å². The maximum Gasteiger partial charge on any atom is 0.183 e. The van der Waals surface area contributed by atoms with E-state index in [0.717, 1.165) is 55.2 Å². The first-order chi connectivity index (χ1) is 11.2. The Morgan fingerprint density at radius 1 is 1.13 bits per heavy atom. The lowest BCUT2D eigenvalue weighted by molar-refractivity contribution is 0.392. The molecule has 23 heavy (non-hydrogen) atoms. The van der Waals surface area contributed by atoms with E-state index >= 15 is 0 Å². The fourth-order valence-corrected chi connectivity index (χ4v) is 3.17. The topological polar surface area (TPSA) is 90.4 Å². The van der Waals surface area contributed by atoms with Gasteiger partial charge in [-0.25, -0.2) is 14.6 Å². The highest BCUT2D eigenvalue weighted by Gasteiger charge is 2.24. The molecule has 9 nitrogen and oxygen atoms in total. The summed E-state index contributed by atoms with van der Waals surface area (Å²) in [7, 11) is 3.84. The summed E-state index contributed by atoms with van der Waals surface area (Å²) in [5.74, 6) is 2.58. The molecule has 3 aromatic heterocycles. The number of hydrogen-bond donors (Lipinski definition) is 0.